The van der Waals surface area contributed by atoms with Gasteiger partial charge in [0.15, 0.2) is 0 Å². The van der Waals surface area contributed by atoms with Gasteiger partial charge in [-0.25, -0.2) is 9.37 Å². The summed E-state index contributed by atoms with van der Waals surface area (Å²) in [5.41, 5.74) is 3.03. The number of fused-ring (bicyclic) bond motifs is 1. The quantitative estimate of drug-likeness (QED) is 0.480. The molecule has 0 atom stereocenters. The average Bonchev–Trinajstić information content (AvgIpc) is 3.04. The third-order valence-corrected chi connectivity index (χ3v) is 5.14. The molecule has 2 aromatic carbocycles. The lowest BCUT2D eigenvalue weighted by Crippen LogP contribution is -2.16. The molecule has 0 amide bonds. The Labute approximate surface area is 171 Å². The normalized spacial score (nSPS) is 11.2. The largest absolute Gasteiger partial charge is 0.489 e. The molecule has 0 spiro atoms. The van der Waals surface area contributed by atoms with Gasteiger partial charge in [0.1, 0.15) is 24.0 Å². The van der Waals surface area contributed by atoms with E-state index >= 15 is 0 Å². The van der Waals surface area contributed by atoms with Crippen LogP contribution in [0.25, 0.3) is 16.7 Å². The van der Waals surface area contributed by atoms with Crippen molar-refractivity contribution in [2.24, 2.45) is 7.05 Å². The maximum absolute atomic E-state index is 13.5. The van der Waals surface area contributed by atoms with Crippen molar-refractivity contribution in [2.45, 2.75) is 20.0 Å². The fourth-order valence-corrected chi connectivity index (χ4v) is 3.37. The minimum Gasteiger partial charge on any atom is -0.489 e. The highest BCUT2D eigenvalue weighted by atomic mass is 35.5. The molecule has 0 bridgehead atoms. The van der Waals surface area contributed by atoms with E-state index in [1.165, 1.54) is 18.2 Å². The summed E-state index contributed by atoms with van der Waals surface area (Å²) in [6.07, 6.45) is 2.50. The second kappa shape index (κ2) is 7.72. The van der Waals surface area contributed by atoms with Gasteiger partial charge in [-0.3, -0.25) is 9.36 Å². The number of hydrogen-bond donors (Lipinski definition) is 0. The molecular weight excluding hydrogens is 393 g/mol. The highest BCUT2D eigenvalue weighted by Crippen LogP contribution is 2.20. The summed E-state index contributed by atoms with van der Waals surface area (Å²) >= 11 is 5.68. The van der Waals surface area contributed by atoms with Crippen LogP contribution in [-0.2, 0) is 20.1 Å². The number of benzene rings is 2. The van der Waals surface area contributed by atoms with Gasteiger partial charge in [-0.2, -0.15) is 0 Å². The molecule has 148 valence electrons. The third kappa shape index (κ3) is 3.76. The van der Waals surface area contributed by atoms with E-state index in [0.717, 1.165) is 29.0 Å². The van der Waals surface area contributed by atoms with Crippen molar-refractivity contribution in [3.63, 3.8) is 0 Å². The Morgan fingerprint density at radius 2 is 1.97 bits per heavy atom. The lowest BCUT2D eigenvalue weighted by molar-refractivity contribution is 0.304. The summed E-state index contributed by atoms with van der Waals surface area (Å²) < 4.78 is 22.7. The van der Waals surface area contributed by atoms with E-state index in [9.17, 15) is 9.18 Å². The van der Waals surface area contributed by atoms with Crippen LogP contribution in [0.3, 0.4) is 0 Å². The molecule has 2 aromatic heterocycles. The van der Waals surface area contributed by atoms with Gasteiger partial charge in [0.25, 0.3) is 5.56 Å². The predicted molar refractivity (Wildman–Crippen MR) is 111 cm³/mol. The minimum atomic E-state index is -0.500. The van der Waals surface area contributed by atoms with Crippen LogP contribution < -0.4 is 10.3 Å². The SMILES string of the molecule is CCc1nc2ccc(-n3ccc(OCc4ccc(Cl)c(F)c4)cc3=O)cc2n1C. The molecular formula is C22H19ClFN3O2. The van der Waals surface area contributed by atoms with E-state index in [-0.39, 0.29) is 17.2 Å². The molecule has 7 heteroatoms. The van der Waals surface area contributed by atoms with Crippen molar-refractivity contribution >= 4 is 22.6 Å². The van der Waals surface area contributed by atoms with Crippen LogP contribution >= 0.6 is 11.6 Å². The van der Waals surface area contributed by atoms with Crippen LogP contribution in [0.1, 0.15) is 18.3 Å². The molecule has 0 aliphatic heterocycles. The third-order valence-electron chi connectivity index (χ3n) is 4.83. The zero-order valence-corrected chi connectivity index (χ0v) is 16.8. The van der Waals surface area contributed by atoms with Crippen LogP contribution in [0.5, 0.6) is 5.75 Å². The first-order chi connectivity index (χ1) is 14.0. The number of pyridine rings is 1. The Morgan fingerprint density at radius 3 is 2.69 bits per heavy atom. The Balaban J connectivity index is 1.58. The number of halogens is 2. The zero-order chi connectivity index (χ0) is 20.5. The Morgan fingerprint density at radius 1 is 1.14 bits per heavy atom. The monoisotopic (exact) mass is 411 g/mol. The molecule has 0 saturated heterocycles. The molecule has 4 aromatic rings. The van der Waals surface area contributed by atoms with Crippen LogP contribution in [0, 0.1) is 5.82 Å². The van der Waals surface area contributed by atoms with Crippen molar-refractivity contribution in [3.05, 3.63) is 87.3 Å². The Kier molecular flexibility index (Phi) is 5.11. The van der Waals surface area contributed by atoms with Gasteiger partial charge in [-0.1, -0.05) is 24.6 Å². The highest BCUT2D eigenvalue weighted by Gasteiger charge is 2.09. The summed E-state index contributed by atoms with van der Waals surface area (Å²) in [6.45, 7) is 2.20. The smallest absolute Gasteiger partial charge is 0.258 e. The summed E-state index contributed by atoms with van der Waals surface area (Å²) in [5, 5.41) is 0.0628. The van der Waals surface area contributed by atoms with Crippen molar-refractivity contribution in [1.29, 1.82) is 0 Å². The van der Waals surface area contributed by atoms with Crippen LogP contribution in [0.15, 0.2) is 59.5 Å². The van der Waals surface area contributed by atoms with Gasteiger partial charge >= 0.3 is 0 Å². The second-order valence-corrected chi connectivity index (χ2v) is 7.13. The van der Waals surface area contributed by atoms with Crippen molar-refractivity contribution in [3.8, 4) is 11.4 Å². The van der Waals surface area contributed by atoms with Gasteiger partial charge in [0.2, 0.25) is 0 Å². The molecule has 0 aliphatic rings. The van der Waals surface area contributed by atoms with Crippen LogP contribution in [0.4, 0.5) is 4.39 Å². The molecule has 5 nitrogen and oxygen atoms in total. The van der Waals surface area contributed by atoms with E-state index in [4.69, 9.17) is 16.3 Å². The molecule has 0 saturated carbocycles. The maximum Gasteiger partial charge on any atom is 0.258 e. The first kappa shape index (κ1) is 19.2. The van der Waals surface area contributed by atoms with E-state index in [0.29, 0.717) is 11.3 Å². The average molecular weight is 412 g/mol. The van der Waals surface area contributed by atoms with Gasteiger partial charge in [0.05, 0.1) is 21.7 Å². The van der Waals surface area contributed by atoms with Crippen molar-refractivity contribution in [2.75, 3.05) is 0 Å². The number of aromatic nitrogens is 3. The maximum atomic E-state index is 13.5. The first-order valence-electron chi connectivity index (χ1n) is 9.21. The van der Waals surface area contributed by atoms with E-state index in [1.54, 1.807) is 22.9 Å². The minimum absolute atomic E-state index is 0.0628. The molecule has 0 aliphatic carbocycles. The van der Waals surface area contributed by atoms with Gasteiger partial charge in [-0.15, -0.1) is 0 Å². The number of hydrogen-bond acceptors (Lipinski definition) is 3. The van der Waals surface area contributed by atoms with Gasteiger partial charge in [-0.05, 0) is 42.0 Å². The first-order valence-corrected chi connectivity index (χ1v) is 9.59. The van der Waals surface area contributed by atoms with Crippen molar-refractivity contribution < 1.29 is 9.13 Å². The molecule has 0 fully saturated rings. The Bertz CT molecular complexity index is 1260. The second-order valence-electron chi connectivity index (χ2n) is 6.72. The van der Waals surface area contributed by atoms with E-state index < -0.39 is 5.82 Å². The molecule has 0 unspecified atom stereocenters. The molecule has 2 heterocycles. The molecule has 0 N–H and O–H groups in total. The number of rotatable bonds is 5. The predicted octanol–water partition coefficient (Wildman–Crippen LogP) is 4.66. The summed E-state index contributed by atoms with van der Waals surface area (Å²) in [7, 11) is 1.97. The number of nitrogens with zero attached hydrogens (tertiary/aromatic N) is 3. The van der Waals surface area contributed by atoms with Crippen LogP contribution in [0.2, 0.25) is 5.02 Å². The number of imidazole rings is 1. The zero-order valence-electron chi connectivity index (χ0n) is 16.0. The van der Waals surface area contributed by atoms with Crippen LogP contribution in [-0.4, -0.2) is 14.1 Å². The lowest BCUT2D eigenvalue weighted by atomic mass is 10.2. The standard InChI is InChI=1S/C22H19ClFN3O2/c1-3-21-25-19-7-5-15(11-20(19)26(21)2)27-9-8-16(12-22(27)28)29-13-14-4-6-17(23)18(24)10-14/h4-12H,3,13H2,1-2H3. The lowest BCUT2D eigenvalue weighted by Gasteiger charge is -2.10. The summed E-state index contributed by atoms with van der Waals surface area (Å²) in [4.78, 5) is 17.2. The topological polar surface area (TPSA) is 49.1 Å². The molecule has 29 heavy (non-hydrogen) atoms. The van der Waals surface area contributed by atoms with Gasteiger partial charge in [0, 0.05) is 25.7 Å². The molecule has 0 radical (unpaired) electrons. The fraction of sp³-hybridized carbons (Fsp3) is 0.182. The molecule has 4 rings (SSSR count). The summed E-state index contributed by atoms with van der Waals surface area (Å²) in [6, 6.07) is 13.3. The van der Waals surface area contributed by atoms with Crippen molar-refractivity contribution in [1.82, 2.24) is 14.1 Å². The van der Waals surface area contributed by atoms with E-state index in [2.05, 4.69) is 11.9 Å². The summed E-state index contributed by atoms with van der Waals surface area (Å²) in [5.74, 6) is 0.906. The highest BCUT2D eigenvalue weighted by molar-refractivity contribution is 6.30. The van der Waals surface area contributed by atoms with E-state index in [1.807, 2.05) is 29.8 Å². The number of aryl methyl sites for hydroxylation is 2. The fourth-order valence-electron chi connectivity index (χ4n) is 3.25. The van der Waals surface area contributed by atoms with Gasteiger partial charge < -0.3 is 9.30 Å². The number of ether oxygens (including phenoxy) is 1. The Hall–Kier alpha value is -3.12.